The van der Waals surface area contributed by atoms with Crippen LogP contribution in [0.15, 0.2) is 54.6 Å². The molecule has 106 valence electrons. The third-order valence-electron chi connectivity index (χ3n) is 3.39. The van der Waals surface area contributed by atoms with Crippen LogP contribution in [0.3, 0.4) is 0 Å². The van der Waals surface area contributed by atoms with Crippen LogP contribution in [0.2, 0.25) is 0 Å². The third-order valence-corrected chi connectivity index (χ3v) is 3.39. The molecule has 1 atom stereocenters. The van der Waals surface area contributed by atoms with Crippen molar-refractivity contribution in [1.29, 1.82) is 0 Å². The summed E-state index contributed by atoms with van der Waals surface area (Å²) in [4.78, 5) is 0. The van der Waals surface area contributed by atoms with Gasteiger partial charge in [-0.2, -0.15) is 0 Å². The fourth-order valence-corrected chi connectivity index (χ4v) is 2.18. The Labute approximate surface area is 119 Å². The van der Waals surface area contributed by atoms with Crippen molar-refractivity contribution in [2.45, 2.75) is 25.4 Å². The van der Waals surface area contributed by atoms with Gasteiger partial charge in [0.05, 0.1) is 6.61 Å². The van der Waals surface area contributed by atoms with Crippen molar-refractivity contribution in [3.8, 4) is 0 Å². The second-order valence-electron chi connectivity index (χ2n) is 5.36. The number of aliphatic hydroxyl groups is 1. The number of nitrogens with one attached hydrogen (secondary N) is 1. The summed E-state index contributed by atoms with van der Waals surface area (Å²) in [5.74, 6) is -0.245. The minimum absolute atomic E-state index is 0.00362. The Morgan fingerprint density at radius 2 is 1.75 bits per heavy atom. The lowest BCUT2D eigenvalue weighted by Crippen LogP contribution is -2.47. The Hall–Kier alpha value is -1.71. The Bertz CT molecular complexity index is 544. The van der Waals surface area contributed by atoms with E-state index in [4.69, 9.17) is 0 Å². The minimum Gasteiger partial charge on any atom is -0.394 e. The Morgan fingerprint density at radius 3 is 2.40 bits per heavy atom. The van der Waals surface area contributed by atoms with Gasteiger partial charge >= 0.3 is 0 Å². The van der Waals surface area contributed by atoms with Crippen molar-refractivity contribution in [3.63, 3.8) is 0 Å². The number of aliphatic hydroxyl groups excluding tert-OH is 1. The second-order valence-corrected chi connectivity index (χ2v) is 5.36. The predicted octanol–water partition coefficient (Wildman–Crippen LogP) is 2.91. The van der Waals surface area contributed by atoms with Gasteiger partial charge in [0.1, 0.15) is 5.82 Å². The molecule has 0 aromatic heterocycles. The maximum Gasteiger partial charge on any atom is 0.123 e. The molecule has 0 saturated heterocycles. The molecular formula is C17H20FNO. The molecule has 1 unspecified atom stereocenters. The van der Waals surface area contributed by atoms with E-state index in [9.17, 15) is 9.50 Å². The van der Waals surface area contributed by atoms with Gasteiger partial charge in [-0.25, -0.2) is 4.39 Å². The van der Waals surface area contributed by atoms with Crippen LogP contribution < -0.4 is 5.32 Å². The van der Waals surface area contributed by atoms with Crippen LogP contribution in [0.25, 0.3) is 0 Å². The summed E-state index contributed by atoms with van der Waals surface area (Å²) in [5.41, 5.74) is 1.57. The van der Waals surface area contributed by atoms with Crippen LogP contribution >= 0.6 is 0 Å². The lowest BCUT2D eigenvalue weighted by molar-refractivity contribution is 0.172. The summed E-state index contributed by atoms with van der Waals surface area (Å²) >= 11 is 0. The first kappa shape index (κ1) is 14.7. The molecule has 20 heavy (non-hydrogen) atoms. The number of hydrogen-bond donors (Lipinski definition) is 2. The van der Waals surface area contributed by atoms with Gasteiger partial charge in [-0.1, -0.05) is 42.5 Å². The zero-order chi connectivity index (χ0) is 14.4. The van der Waals surface area contributed by atoms with Gasteiger partial charge < -0.3 is 10.4 Å². The standard InChI is InChI=1S/C17H20FNO/c1-17(13-20,11-15-8-5-9-16(18)10-15)19-12-14-6-3-2-4-7-14/h2-10,19-20H,11-13H2,1H3. The van der Waals surface area contributed by atoms with Crippen molar-refractivity contribution in [1.82, 2.24) is 5.32 Å². The van der Waals surface area contributed by atoms with Gasteiger partial charge in [0.25, 0.3) is 0 Å². The molecule has 0 radical (unpaired) electrons. The molecule has 0 saturated carbocycles. The minimum atomic E-state index is -0.469. The molecule has 2 aromatic rings. The highest BCUT2D eigenvalue weighted by atomic mass is 19.1. The Morgan fingerprint density at radius 1 is 1.05 bits per heavy atom. The van der Waals surface area contributed by atoms with Crippen molar-refractivity contribution in [3.05, 3.63) is 71.5 Å². The zero-order valence-corrected chi connectivity index (χ0v) is 11.6. The third kappa shape index (κ3) is 4.15. The number of halogens is 1. The normalized spacial score (nSPS) is 13.9. The molecule has 0 aliphatic rings. The van der Waals surface area contributed by atoms with E-state index in [0.29, 0.717) is 13.0 Å². The van der Waals surface area contributed by atoms with Crippen LogP contribution in [-0.4, -0.2) is 17.3 Å². The van der Waals surface area contributed by atoms with Crippen LogP contribution in [0.1, 0.15) is 18.1 Å². The average molecular weight is 273 g/mol. The monoisotopic (exact) mass is 273 g/mol. The molecule has 0 amide bonds. The van der Waals surface area contributed by atoms with Crippen LogP contribution in [0, 0.1) is 5.82 Å². The summed E-state index contributed by atoms with van der Waals surface area (Å²) < 4.78 is 13.2. The Kier molecular flexibility index (Phi) is 4.88. The molecule has 0 aliphatic carbocycles. The van der Waals surface area contributed by atoms with E-state index in [2.05, 4.69) is 5.32 Å². The van der Waals surface area contributed by atoms with Crippen molar-refractivity contribution in [2.24, 2.45) is 0 Å². The highest BCUT2D eigenvalue weighted by molar-refractivity contribution is 5.20. The highest BCUT2D eigenvalue weighted by Crippen LogP contribution is 2.15. The zero-order valence-electron chi connectivity index (χ0n) is 11.6. The highest BCUT2D eigenvalue weighted by Gasteiger charge is 2.23. The molecule has 0 spiro atoms. The fourth-order valence-electron chi connectivity index (χ4n) is 2.18. The summed E-state index contributed by atoms with van der Waals surface area (Å²) in [6.07, 6.45) is 0.577. The number of rotatable bonds is 6. The summed E-state index contributed by atoms with van der Waals surface area (Å²) in [7, 11) is 0. The maximum atomic E-state index is 13.2. The maximum absolute atomic E-state index is 13.2. The molecule has 2 rings (SSSR count). The summed E-state index contributed by atoms with van der Waals surface area (Å²) in [6, 6.07) is 16.5. The quantitative estimate of drug-likeness (QED) is 0.848. The molecule has 3 heteroatoms. The van der Waals surface area contributed by atoms with E-state index in [0.717, 1.165) is 11.1 Å². The fraction of sp³-hybridized carbons (Fsp3) is 0.294. The van der Waals surface area contributed by atoms with Crippen molar-refractivity contribution < 1.29 is 9.50 Å². The summed E-state index contributed by atoms with van der Waals surface area (Å²) in [5, 5.41) is 13.0. The van der Waals surface area contributed by atoms with E-state index in [1.54, 1.807) is 6.07 Å². The average Bonchev–Trinajstić information content (AvgIpc) is 2.46. The lowest BCUT2D eigenvalue weighted by Gasteiger charge is -2.29. The van der Waals surface area contributed by atoms with Gasteiger partial charge in [-0.05, 0) is 36.6 Å². The van der Waals surface area contributed by atoms with Crippen LogP contribution in [0.5, 0.6) is 0 Å². The van der Waals surface area contributed by atoms with Crippen molar-refractivity contribution >= 4 is 0 Å². The van der Waals surface area contributed by atoms with Gasteiger partial charge in [-0.3, -0.25) is 0 Å². The van der Waals surface area contributed by atoms with Gasteiger partial charge in [0, 0.05) is 12.1 Å². The van der Waals surface area contributed by atoms with Gasteiger partial charge in [0.15, 0.2) is 0 Å². The van der Waals surface area contributed by atoms with E-state index in [-0.39, 0.29) is 12.4 Å². The molecule has 0 heterocycles. The van der Waals surface area contributed by atoms with E-state index < -0.39 is 5.54 Å². The molecular weight excluding hydrogens is 253 g/mol. The first-order chi connectivity index (χ1) is 9.61. The second kappa shape index (κ2) is 6.64. The number of benzene rings is 2. The molecule has 2 N–H and O–H groups in total. The predicted molar refractivity (Wildman–Crippen MR) is 78.9 cm³/mol. The number of hydrogen-bond acceptors (Lipinski definition) is 2. The SMILES string of the molecule is CC(CO)(Cc1cccc(F)c1)NCc1ccccc1. The molecule has 0 bridgehead atoms. The molecule has 2 nitrogen and oxygen atoms in total. The topological polar surface area (TPSA) is 32.3 Å². The molecule has 0 fully saturated rings. The first-order valence-electron chi connectivity index (χ1n) is 6.76. The largest absolute Gasteiger partial charge is 0.394 e. The first-order valence-corrected chi connectivity index (χ1v) is 6.76. The van der Waals surface area contributed by atoms with E-state index in [1.165, 1.54) is 12.1 Å². The Balaban J connectivity index is 2.01. The van der Waals surface area contributed by atoms with Crippen LogP contribution in [-0.2, 0) is 13.0 Å². The van der Waals surface area contributed by atoms with Crippen LogP contribution in [0.4, 0.5) is 4.39 Å². The van der Waals surface area contributed by atoms with E-state index in [1.807, 2.05) is 43.3 Å². The van der Waals surface area contributed by atoms with Gasteiger partial charge in [-0.15, -0.1) is 0 Å². The lowest BCUT2D eigenvalue weighted by atomic mass is 9.93. The molecule has 2 aromatic carbocycles. The van der Waals surface area contributed by atoms with E-state index >= 15 is 0 Å². The smallest absolute Gasteiger partial charge is 0.123 e. The molecule has 0 aliphatic heterocycles. The van der Waals surface area contributed by atoms with Crippen molar-refractivity contribution in [2.75, 3.05) is 6.61 Å². The van der Waals surface area contributed by atoms with Gasteiger partial charge in [0.2, 0.25) is 0 Å². The summed E-state index contributed by atoms with van der Waals surface area (Å²) in [6.45, 7) is 2.62.